The Morgan fingerprint density at radius 1 is 1.23 bits per heavy atom. The summed E-state index contributed by atoms with van der Waals surface area (Å²) in [6, 6.07) is 2.70. The molecule has 0 saturated heterocycles. The van der Waals surface area contributed by atoms with E-state index in [1.165, 1.54) is 0 Å². The summed E-state index contributed by atoms with van der Waals surface area (Å²) in [4.78, 5) is -0.817. The first-order valence-electron chi connectivity index (χ1n) is 2.89. The summed E-state index contributed by atoms with van der Waals surface area (Å²) in [6.07, 6.45) is 0. The number of rotatable bonds is 1. The molecular formula is C6H5CaO5S-. The van der Waals surface area contributed by atoms with Gasteiger partial charge >= 0.3 is 0 Å². The summed E-state index contributed by atoms with van der Waals surface area (Å²) in [6.45, 7) is 0. The third kappa shape index (κ3) is 3.32. The number of benzene rings is 1. The van der Waals surface area contributed by atoms with E-state index in [1.807, 2.05) is 0 Å². The molecular weight excluding hydrogens is 224 g/mol. The van der Waals surface area contributed by atoms with Gasteiger partial charge in [-0.15, -0.1) is 0 Å². The fraction of sp³-hybridized carbons (Fsp3) is 0. The zero-order chi connectivity index (χ0) is 9.35. The third-order valence-electron chi connectivity index (χ3n) is 1.21. The molecule has 2 N–H and O–H groups in total. The van der Waals surface area contributed by atoms with E-state index in [-0.39, 0.29) is 43.5 Å². The first kappa shape index (κ1) is 13.0. The van der Waals surface area contributed by atoms with Crippen LogP contribution in [0, 0.1) is 0 Å². The maximum absolute atomic E-state index is 10.4. The molecule has 0 atom stereocenters. The van der Waals surface area contributed by atoms with E-state index < -0.39 is 20.8 Å². The van der Waals surface area contributed by atoms with Crippen LogP contribution in [0.2, 0.25) is 0 Å². The van der Waals surface area contributed by atoms with E-state index in [9.17, 15) is 13.0 Å². The molecule has 0 aliphatic carbocycles. The van der Waals surface area contributed by atoms with Crippen LogP contribution >= 0.6 is 0 Å². The van der Waals surface area contributed by atoms with Gasteiger partial charge in [-0.1, -0.05) is 0 Å². The van der Waals surface area contributed by atoms with Crippen molar-refractivity contribution in [1.29, 1.82) is 0 Å². The second-order valence-corrected chi connectivity index (χ2v) is 3.45. The molecule has 1 aromatic rings. The van der Waals surface area contributed by atoms with Crippen LogP contribution in [0.5, 0.6) is 11.5 Å². The van der Waals surface area contributed by atoms with Gasteiger partial charge in [0.2, 0.25) is 0 Å². The maximum atomic E-state index is 10.4. The molecule has 0 aromatic heterocycles. The van der Waals surface area contributed by atoms with Crippen LogP contribution in [-0.4, -0.2) is 60.9 Å². The monoisotopic (exact) mass is 229 g/mol. The zero-order valence-electron chi connectivity index (χ0n) is 6.47. The molecule has 0 fully saturated rings. The third-order valence-corrected chi connectivity index (χ3v) is 2.08. The normalized spacial score (nSPS) is 10.5. The smallest absolute Gasteiger partial charge is 0.133 e. The second-order valence-electron chi connectivity index (χ2n) is 2.11. The van der Waals surface area contributed by atoms with Crippen LogP contribution in [0.1, 0.15) is 0 Å². The van der Waals surface area contributed by atoms with Gasteiger partial charge in [-0.2, -0.15) is 0 Å². The Bertz CT molecular complexity index is 399. The van der Waals surface area contributed by atoms with Gasteiger partial charge in [-0.05, 0) is 12.1 Å². The molecule has 68 valence electrons. The molecule has 1 rings (SSSR count). The van der Waals surface area contributed by atoms with Gasteiger partial charge in [0.1, 0.15) is 21.6 Å². The maximum Gasteiger partial charge on any atom is 0.133 e. The van der Waals surface area contributed by atoms with Crippen molar-refractivity contribution in [3.63, 3.8) is 0 Å². The summed E-state index contributed by atoms with van der Waals surface area (Å²) in [5, 5.41) is 17.7. The molecule has 7 heteroatoms. The average molecular weight is 229 g/mol. The standard InChI is InChI=1S/C6H6O5S.Ca/c7-4-1-2-5(8)6(3-4)12(9,10)11;/h1-3,7-8H,(H,9,10,11);/p-1. The van der Waals surface area contributed by atoms with E-state index in [0.29, 0.717) is 6.07 Å². The van der Waals surface area contributed by atoms with Crippen molar-refractivity contribution in [2.24, 2.45) is 0 Å². The SMILES string of the molecule is O=S(=O)([O-])c1cc(O)ccc1O.[Ca]. The number of aromatic hydroxyl groups is 2. The van der Waals surface area contributed by atoms with Crippen LogP contribution in [0.3, 0.4) is 0 Å². The van der Waals surface area contributed by atoms with Crippen molar-refractivity contribution in [1.82, 2.24) is 0 Å². The van der Waals surface area contributed by atoms with Crippen molar-refractivity contribution in [2.45, 2.75) is 4.90 Å². The van der Waals surface area contributed by atoms with Gasteiger partial charge in [0.15, 0.2) is 0 Å². The fourth-order valence-corrected chi connectivity index (χ4v) is 1.29. The van der Waals surface area contributed by atoms with Crippen molar-refractivity contribution in [3.05, 3.63) is 18.2 Å². The molecule has 5 nitrogen and oxygen atoms in total. The predicted octanol–water partition coefficient (Wildman–Crippen LogP) is -0.379. The summed E-state index contributed by atoms with van der Waals surface area (Å²) < 4.78 is 31.1. The summed E-state index contributed by atoms with van der Waals surface area (Å²) in [5.41, 5.74) is 0. The molecule has 1 aromatic carbocycles. The topological polar surface area (TPSA) is 97.7 Å². The molecule has 0 saturated carbocycles. The quantitative estimate of drug-likeness (QED) is 0.388. The van der Waals surface area contributed by atoms with Gasteiger partial charge in [0.05, 0.1) is 4.90 Å². The molecule has 2 radical (unpaired) electrons. The van der Waals surface area contributed by atoms with Crippen molar-refractivity contribution >= 4 is 47.9 Å². The first-order valence-corrected chi connectivity index (χ1v) is 4.30. The molecule has 0 aliphatic rings. The number of phenolic OH excluding ortho intramolecular Hbond substituents is 2. The van der Waals surface area contributed by atoms with Gasteiger partial charge in [0, 0.05) is 43.8 Å². The Hall–Kier alpha value is -0.0103. The minimum absolute atomic E-state index is 0. The predicted molar refractivity (Wildman–Crippen MR) is 43.5 cm³/mol. The summed E-state index contributed by atoms with van der Waals surface area (Å²) in [7, 11) is -4.72. The van der Waals surface area contributed by atoms with Crippen LogP contribution in [0.25, 0.3) is 0 Å². The van der Waals surface area contributed by atoms with Gasteiger partial charge in [-0.25, -0.2) is 8.42 Å². The van der Waals surface area contributed by atoms with Gasteiger partial charge < -0.3 is 14.8 Å². The minimum atomic E-state index is -4.72. The molecule has 0 heterocycles. The summed E-state index contributed by atoms with van der Waals surface area (Å²) in [5.74, 6) is -1.05. The zero-order valence-corrected chi connectivity index (χ0v) is 9.49. The average Bonchev–Trinajstić information content (AvgIpc) is 1.92. The van der Waals surface area contributed by atoms with E-state index in [0.717, 1.165) is 12.1 Å². The van der Waals surface area contributed by atoms with Crippen LogP contribution in [0.15, 0.2) is 23.1 Å². The molecule has 0 spiro atoms. The van der Waals surface area contributed by atoms with E-state index >= 15 is 0 Å². The van der Waals surface area contributed by atoms with Crippen LogP contribution in [0.4, 0.5) is 0 Å². The van der Waals surface area contributed by atoms with Gasteiger partial charge in [-0.3, -0.25) is 0 Å². The Morgan fingerprint density at radius 3 is 2.15 bits per heavy atom. The number of hydrogen-bond acceptors (Lipinski definition) is 5. The van der Waals surface area contributed by atoms with E-state index in [2.05, 4.69) is 0 Å². The Balaban J connectivity index is 0.00000144. The fourth-order valence-electron chi connectivity index (χ4n) is 0.703. The number of hydrogen-bond donors (Lipinski definition) is 2. The number of phenols is 2. The van der Waals surface area contributed by atoms with E-state index in [1.54, 1.807) is 0 Å². The summed E-state index contributed by atoms with van der Waals surface area (Å²) >= 11 is 0. The first-order chi connectivity index (χ1) is 5.41. The second kappa shape index (κ2) is 4.47. The Morgan fingerprint density at radius 2 is 1.77 bits per heavy atom. The van der Waals surface area contributed by atoms with Crippen molar-refractivity contribution in [2.75, 3.05) is 0 Å². The van der Waals surface area contributed by atoms with Crippen LogP contribution < -0.4 is 0 Å². The minimum Gasteiger partial charge on any atom is -0.744 e. The molecule has 0 bridgehead atoms. The molecule has 0 unspecified atom stereocenters. The van der Waals surface area contributed by atoms with Gasteiger partial charge in [0.25, 0.3) is 0 Å². The largest absolute Gasteiger partial charge is 0.744 e. The van der Waals surface area contributed by atoms with Crippen LogP contribution in [-0.2, 0) is 10.1 Å². The molecule has 0 amide bonds. The Kier molecular flexibility index (Phi) is 4.47. The molecule has 13 heavy (non-hydrogen) atoms. The van der Waals surface area contributed by atoms with Crippen molar-refractivity contribution < 1.29 is 23.2 Å². The molecule has 0 aliphatic heterocycles. The van der Waals surface area contributed by atoms with E-state index in [4.69, 9.17) is 10.2 Å². The Labute approximate surface area is 105 Å². The van der Waals surface area contributed by atoms with Crippen molar-refractivity contribution in [3.8, 4) is 11.5 Å².